The third-order valence-electron chi connectivity index (χ3n) is 5.27. The summed E-state index contributed by atoms with van der Waals surface area (Å²) in [5.74, 6) is 0.0318. The Bertz CT molecular complexity index is 850. The molecule has 28 heavy (non-hydrogen) atoms. The van der Waals surface area contributed by atoms with E-state index >= 15 is 0 Å². The van der Waals surface area contributed by atoms with Crippen LogP contribution in [0.2, 0.25) is 0 Å². The van der Waals surface area contributed by atoms with Crippen LogP contribution in [0, 0.1) is 12.8 Å². The zero-order valence-electron chi connectivity index (χ0n) is 16.7. The Morgan fingerprint density at radius 3 is 2.43 bits per heavy atom. The molecule has 0 N–H and O–H groups in total. The lowest BCUT2D eigenvalue weighted by Gasteiger charge is -2.42. The summed E-state index contributed by atoms with van der Waals surface area (Å²) in [5, 5.41) is 1.23. The van der Waals surface area contributed by atoms with Crippen molar-refractivity contribution in [1.82, 2.24) is 5.06 Å². The zero-order chi connectivity index (χ0) is 20.3. The predicted octanol–water partition coefficient (Wildman–Crippen LogP) is 3.51. The number of aryl methyl sites for hydroxylation is 1. The molecule has 0 saturated carbocycles. The Morgan fingerprint density at radius 1 is 1.11 bits per heavy atom. The highest BCUT2D eigenvalue weighted by molar-refractivity contribution is 5.97. The number of nitrogens with zero attached hydrogens (tertiary/aromatic N) is 2. The Kier molecular flexibility index (Phi) is 5.99. The third-order valence-corrected chi connectivity index (χ3v) is 5.27. The summed E-state index contributed by atoms with van der Waals surface area (Å²) in [6, 6.07) is 14.8. The van der Waals surface area contributed by atoms with Crippen molar-refractivity contribution in [3.63, 3.8) is 0 Å². The van der Waals surface area contributed by atoms with Gasteiger partial charge in [-0.1, -0.05) is 35.9 Å². The summed E-state index contributed by atoms with van der Waals surface area (Å²) >= 11 is 0. The Balaban J connectivity index is 2.15. The number of carbonyl (C=O) groups is 2. The van der Waals surface area contributed by atoms with Crippen LogP contribution >= 0.6 is 0 Å². The largest absolute Gasteiger partial charge is 0.496 e. The molecule has 2 atom stereocenters. The van der Waals surface area contributed by atoms with E-state index in [1.54, 1.807) is 19.1 Å². The van der Waals surface area contributed by atoms with Crippen molar-refractivity contribution in [3.8, 4) is 5.75 Å². The van der Waals surface area contributed by atoms with Gasteiger partial charge in [-0.05, 0) is 31.5 Å². The molecule has 2 amide bonds. The average Bonchev–Trinajstić information content (AvgIpc) is 2.73. The lowest BCUT2D eigenvalue weighted by molar-refractivity contribution is -0.175. The molecule has 2 unspecified atom stereocenters. The summed E-state index contributed by atoms with van der Waals surface area (Å²) in [6.45, 7) is 2.00. The van der Waals surface area contributed by atoms with Crippen LogP contribution in [0.5, 0.6) is 5.75 Å². The number of amides is 2. The number of hydroxylamine groups is 2. The molecule has 6 heteroatoms. The van der Waals surface area contributed by atoms with Gasteiger partial charge in [-0.25, -0.2) is 5.06 Å². The maximum atomic E-state index is 13.1. The predicted molar refractivity (Wildman–Crippen MR) is 107 cm³/mol. The van der Waals surface area contributed by atoms with Crippen LogP contribution in [0.4, 0.5) is 5.69 Å². The highest BCUT2D eigenvalue weighted by Gasteiger charge is 2.43. The molecule has 2 aromatic rings. The first kappa shape index (κ1) is 19.9. The number of methoxy groups -OCH3 is 1. The van der Waals surface area contributed by atoms with Crippen LogP contribution in [0.1, 0.15) is 30.0 Å². The van der Waals surface area contributed by atoms with Gasteiger partial charge in [0.2, 0.25) is 5.91 Å². The summed E-state index contributed by atoms with van der Waals surface area (Å²) in [7, 11) is 4.65. The van der Waals surface area contributed by atoms with Gasteiger partial charge in [0.05, 0.1) is 26.2 Å². The molecule has 1 fully saturated rings. The van der Waals surface area contributed by atoms with E-state index in [0.717, 1.165) is 16.8 Å². The summed E-state index contributed by atoms with van der Waals surface area (Å²) < 4.78 is 5.56. The Hall–Kier alpha value is -2.86. The molecule has 1 saturated heterocycles. The first-order valence-electron chi connectivity index (χ1n) is 9.31. The Labute approximate surface area is 165 Å². The quantitative estimate of drug-likeness (QED) is 0.743. The number of anilines is 1. The normalized spacial score (nSPS) is 19.4. The van der Waals surface area contributed by atoms with E-state index in [0.29, 0.717) is 18.6 Å². The minimum Gasteiger partial charge on any atom is -0.496 e. The van der Waals surface area contributed by atoms with Crippen LogP contribution in [-0.4, -0.2) is 38.1 Å². The second-order valence-electron chi connectivity index (χ2n) is 6.95. The topological polar surface area (TPSA) is 59.1 Å². The van der Waals surface area contributed by atoms with Crippen LogP contribution in [0.3, 0.4) is 0 Å². The minimum atomic E-state index is -0.481. The fourth-order valence-corrected chi connectivity index (χ4v) is 3.75. The minimum absolute atomic E-state index is 0.0103. The highest BCUT2D eigenvalue weighted by atomic mass is 16.7. The van der Waals surface area contributed by atoms with Crippen molar-refractivity contribution < 1.29 is 19.2 Å². The fourth-order valence-electron chi connectivity index (χ4n) is 3.75. The van der Waals surface area contributed by atoms with Crippen molar-refractivity contribution in [3.05, 3.63) is 59.7 Å². The van der Waals surface area contributed by atoms with Gasteiger partial charge >= 0.3 is 0 Å². The number of piperidine rings is 1. The number of carbonyl (C=O) groups excluding carboxylic acids is 2. The van der Waals surface area contributed by atoms with Gasteiger partial charge in [-0.3, -0.25) is 14.4 Å². The van der Waals surface area contributed by atoms with E-state index in [4.69, 9.17) is 9.57 Å². The van der Waals surface area contributed by atoms with Crippen molar-refractivity contribution >= 4 is 17.5 Å². The number of ether oxygens (including phenoxy) is 1. The molecule has 1 heterocycles. The fraction of sp³-hybridized carbons (Fsp3) is 0.364. The van der Waals surface area contributed by atoms with Crippen molar-refractivity contribution in [2.24, 2.45) is 5.92 Å². The Morgan fingerprint density at radius 2 is 1.79 bits per heavy atom. The van der Waals surface area contributed by atoms with Crippen molar-refractivity contribution in [2.45, 2.75) is 25.8 Å². The van der Waals surface area contributed by atoms with Gasteiger partial charge < -0.3 is 9.64 Å². The summed E-state index contributed by atoms with van der Waals surface area (Å²) in [4.78, 5) is 32.9. The molecule has 0 aromatic heterocycles. The molecule has 2 aromatic carbocycles. The molecule has 0 spiro atoms. The van der Waals surface area contributed by atoms with E-state index < -0.39 is 12.0 Å². The lowest BCUT2D eigenvalue weighted by Crippen LogP contribution is -2.48. The van der Waals surface area contributed by atoms with Crippen LogP contribution in [0.15, 0.2) is 48.5 Å². The lowest BCUT2D eigenvalue weighted by atomic mass is 9.82. The van der Waals surface area contributed by atoms with Gasteiger partial charge in [0, 0.05) is 24.7 Å². The summed E-state index contributed by atoms with van der Waals surface area (Å²) in [5.41, 5.74) is 2.68. The zero-order valence-corrected chi connectivity index (χ0v) is 16.7. The molecule has 0 aliphatic carbocycles. The molecule has 6 nitrogen and oxygen atoms in total. The highest BCUT2D eigenvalue weighted by Crippen LogP contribution is 2.43. The number of rotatable bonds is 5. The number of hydrogen-bond acceptors (Lipinski definition) is 4. The van der Waals surface area contributed by atoms with Crippen molar-refractivity contribution in [2.75, 3.05) is 26.2 Å². The third kappa shape index (κ3) is 3.73. The second kappa shape index (κ2) is 8.44. The molecule has 1 aliphatic rings. The second-order valence-corrected chi connectivity index (χ2v) is 6.95. The van der Waals surface area contributed by atoms with Gasteiger partial charge in [0.25, 0.3) is 5.91 Å². The van der Waals surface area contributed by atoms with E-state index in [1.165, 1.54) is 12.2 Å². The SMILES string of the molecule is COc1ccccc1C1C(C(=O)N(C)OC)CCC(=O)N1c1ccc(C)cc1. The smallest absolute Gasteiger partial charge is 0.251 e. The number of para-hydroxylation sites is 1. The molecule has 0 bridgehead atoms. The average molecular weight is 382 g/mol. The first-order valence-corrected chi connectivity index (χ1v) is 9.31. The standard InChI is InChI=1S/C22H26N2O4/c1-15-9-11-16(12-10-15)24-20(25)14-13-18(22(26)23(2)28-4)21(24)17-7-5-6-8-19(17)27-3/h5-12,18,21H,13-14H2,1-4H3. The molecule has 0 radical (unpaired) electrons. The molecular weight excluding hydrogens is 356 g/mol. The van der Waals surface area contributed by atoms with E-state index in [1.807, 2.05) is 55.5 Å². The van der Waals surface area contributed by atoms with Gasteiger partial charge in [0.15, 0.2) is 0 Å². The van der Waals surface area contributed by atoms with Gasteiger partial charge in [-0.15, -0.1) is 0 Å². The van der Waals surface area contributed by atoms with Crippen LogP contribution in [0.25, 0.3) is 0 Å². The molecule has 3 rings (SSSR count). The van der Waals surface area contributed by atoms with Crippen LogP contribution in [-0.2, 0) is 14.4 Å². The van der Waals surface area contributed by atoms with Gasteiger partial charge in [-0.2, -0.15) is 0 Å². The van der Waals surface area contributed by atoms with E-state index in [-0.39, 0.29) is 11.8 Å². The number of benzene rings is 2. The first-order chi connectivity index (χ1) is 13.5. The molecule has 1 aliphatic heterocycles. The number of hydrogen-bond donors (Lipinski definition) is 0. The maximum absolute atomic E-state index is 13.1. The maximum Gasteiger partial charge on any atom is 0.251 e. The monoisotopic (exact) mass is 382 g/mol. The van der Waals surface area contributed by atoms with Gasteiger partial charge in [0.1, 0.15) is 5.75 Å². The van der Waals surface area contributed by atoms with Crippen molar-refractivity contribution in [1.29, 1.82) is 0 Å². The molecular formula is C22H26N2O4. The molecule has 148 valence electrons. The van der Waals surface area contributed by atoms with E-state index in [9.17, 15) is 9.59 Å². The summed E-state index contributed by atoms with van der Waals surface area (Å²) in [6.07, 6.45) is 0.754. The van der Waals surface area contributed by atoms with E-state index in [2.05, 4.69) is 0 Å². The van der Waals surface area contributed by atoms with Crippen LogP contribution < -0.4 is 9.64 Å².